The number of hydrogen-bond acceptors (Lipinski definition) is 4. The summed E-state index contributed by atoms with van der Waals surface area (Å²) in [5.41, 5.74) is 9.15. The molecule has 13 heavy (non-hydrogen) atoms. The monoisotopic (exact) mass is 188 g/mol. The highest BCUT2D eigenvalue weighted by atomic mass is 16.5. The molecule has 0 heterocycles. The molecule has 0 aromatic rings. The van der Waals surface area contributed by atoms with E-state index in [1.165, 1.54) is 6.92 Å². The first kappa shape index (κ1) is 11.9. The van der Waals surface area contributed by atoms with Gasteiger partial charge in [-0.05, 0) is 13.3 Å². The van der Waals surface area contributed by atoms with Crippen LogP contribution in [-0.4, -0.2) is 24.0 Å². The van der Waals surface area contributed by atoms with E-state index in [1.807, 2.05) is 6.92 Å². The Morgan fingerprint density at radius 3 is 2.38 bits per heavy atom. The number of carbonyl (C=O) groups is 2. The van der Waals surface area contributed by atoms with E-state index in [9.17, 15) is 9.59 Å². The van der Waals surface area contributed by atoms with E-state index in [0.29, 0.717) is 12.8 Å². The van der Waals surface area contributed by atoms with E-state index in [1.54, 1.807) is 0 Å². The molecule has 0 saturated heterocycles. The second kappa shape index (κ2) is 4.81. The number of primary amides is 1. The van der Waals surface area contributed by atoms with Crippen molar-refractivity contribution in [2.45, 2.75) is 32.2 Å². The zero-order valence-electron chi connectivity index (χ0n) is 8.00. The van der Waals surface area contributed by atoms with Crippen LogP contribution in [0, 0.1) is 0 Å². The average Bonchev–Trinajstić information content (AvgIpc) is 2.01. The van der Waals surface area contributed by atoms with Crippen molar-refractivity contribution in [3.63, 3.8) is 0 Å². The molecule has 1 amide bonds. The van der Waals surface area contributed by atoms with Gasteiger partial charge in [0.2, 0.25) is 5.91 Å². The number of carbonyl (C=O) groups excluding carboxylic acids is 2. The lowest BCUT2D eigenvalue weighted by Crippen LogP contribution is -2.53. The number of hydrogen-bond donors (Lipinski definition) is 2. The van der Waals surface area contributed by atoms with E-state index in [4.69, 9.17) is 16.2 Å². The van der Waals surface area contributed by atoms with E-state index in [0.717, 1.165) is 0 Å². The minimum atomic E-state index is -1.27. The Labute approximate surface area is 77.4 Å². The first-order valence-corrected chi connectivity index (χ1v) is 4.14. The first-order valence-electron chi connectivity index (χ1n) is 4.14. The average molecular weight is 188 g/mol. The Hall–Kier alpha value is -1.10. The topological polar surface area (TPSA) is 95.4 Å². The summed E-state index contributed by atoms with van der Waals surface area (Å²) in [6, 6.07) is 0. The molecule has 0 rings (SSSR count). The van der Waals surface area contributed by atoms with Crippen molar-refractivity contribution in [1.29, 1.82) is 0 Å². The van der Waals surface area contributed by atoms with Crippen LogP contribution in [0.3, 0.4) is 0 Å². The molecule has 5 heteroatoms. The van der Waals surface area contributed by atoms with E-state index in [2.05, 4.69) is 0 Å². The summed E-state index contributed by atoms with van der Waals surface area (Å²) in [6.45, 7) is 3.12. The molecule has 4 N–H and O–H groups in total. The Balaban J connectivity index is 3.88. The molecular formula is C8H16N2O3. The maximum Gasteiger partial charge on any atom is 0.305 e. The van der Waals surface area contributed by atoms with Crippen molar-refractivity contribution in [1.82, 2.24) is 0 Å². The third kappa shape index (κ3) is 4.47. The Morgan fingerprint density at radius 1 is 1.46 bits per heavy atom. The summed E-state index contributed by atoms with van der Waals surface area (Å²) in [5.74, 6) is -1.04. The molecule has 0 aliphatic carbocycles. The van der Waals surface area contributed by atoms with Crippen LogP contribution < -0.4 is 11.5 Å². The van der Waals surface area contributed by atoms with Crippen molar-refractivity contribution in [2.24, 2.45) is 11.5 Å². The fourth-order valence-corrected chi connectivity index (χ4v) is 0.578. The lowest BCUT2D eigenvalue weighted by atomic mass is 10.1. The fraction of sp³-hybridized carbons (Fsp3) is 0.750. The highest BCUT2D eigenvalue weighted by Gasteiger charge is 2.27. The third-order valence-electron chi connectivity index (χ3n) is 1.55. The molecule has 0 aliphatic heterocycles. The summed E-state index contributed by atoms with van der Waals surface area (Å²) in [6.07, 6.45) is 1.03. The van der Waals surface area contributed by atoms with Crippen molar-refractivity contribution in [3.05, 3.63) is 0 Å². The molecule has 0 bridgehead atoms. The minimum absolute atomic E-state index is 0.166. The third-order valence-corrected chi connectivity index (χ3v) is 1.55. The first-order chi connectivity index (χ1) is 5.90. The van der Waals surface area contributed by atoms with Gasteiger partial charge in [0.1, 0.15) is 12.1 Å². The van der Waals surface area contributed by atoms with E-state index in [-0.39, 0.29) is 12.6 Å². The molecule has 0 aliphatic rings. The van der Waals surface area contributed by atoms with Gasteiger partial charge in [0.15, 0.2) is 0 Å². The van der Waals surface area contributed by atoms with Gasteiger partial charge in [-0.3, -0.25) is 9.59 Å². The second-order valence-electron chi connectivity index (χ2n) is 3.19. The van der Waals surface area contributed by atoms with Gasteiger partial charge in [0.25, 0.3) is 0 Å². The summed E-state index contributed by atoms with van der Waals surface area (Å²) in [4.78, 5) is 21.6. The van der Waals surface area contributed by atoms with Gasteiger partial charge in [-0.15, -0.1) is 0 Å². The number of rotatable bonds is 5. The molecule has 0 aromatic heterocycles. The van der Waals surface area contributed by atoms with E-state index >= 15 is 0 Å². The van der Waals surface area contributed by atoms with Gasteiger partial charge in [-0.1, -0.05) is 6.92 Å². The predicted octanol–water partition coefficient (Wildman–Crippen LogP) is -0.468. The van der Waals surface area contributed by atoms with Crippen LogP contribution >= 0.6 is 0 Å². The maximum absolute atomic E-state index is 10.9. The van der Waals surface area contributed by atoms with Gasteiger partial charge in [-0.2, -0.15) is 0 Å². The molecule has 1 atom stereocenters. The molecule has 0 saturated carbocycles. The van der Waals surface area contributed by atoms with Crippen LogP contribution in [-0.2, 0) is 14.3 Å². The smallest absolute Gasteiger partial charge is 0.305 e. The lowest BCUT2D eigenvalue weighted by Gasteiger charge is -2.19. The van der Waals surface area contributed by atoms with Gasteiger partial charge in [0.05, 0.1) is 0 Å². The fourth-order valence-electron chi connectivity index (χ4n) is 0.578. The second-order valence-corrected chi connectivity index (χ2v) is 3.19. The van der Waals surface area contributed by atoms with Crippen molar-refractivity contribution < 1.29 is 14.3 Å². The van der Waals surface area contributed by atoms with E-state index < -0.39 is 11.4 Å². The van der Waals surface area contributed by atoms with Crippen LogP contribution in [0.1, 0.15) is 26.7 Å². The van der Waals surface area contributed by atoms with Gasteiger partial charge >= 0.3 is 5.97 Å². The van der Waals surface area contributed by atoms with Crippen molar-refractivity contribution >= 4 is 11.9 Å². The lowest BCUT2D eigenvalue weighted by molar-refractivity contribution is -0.146. The molecular weight excluding hydrogens is 172 g/mol. The van der Waals surface area contributed by atoms with Crippen LogP contribution in [0.5, 0.6) is 0 Å². The highest BCUT2D eigenvalue weighted by Crippen LogP contribution is 2.00. The zero-order chi connectivity index (χ0) is 10.5. The minimum Gasteiger partial charge on any atom is -0.463 e. The van der Waals surface area contributed by atoms with Gasteiger partial charge in [-0.25, -0.2) is 0 Å². The molecule has 0 aromatic carbocycles. The van der Waals surface area contributed by atoms with Crippen LogP contribution in [0.25, 0.3) is 0 Å². The summed E-state index contributed by atoms with van der Waals surface area (Å²) in [5, 5.41) is 0. The van der Waals surface area contributed by atoms with Gasteiger partial charge < -0.3 is 16.2 Å². The summed E-state index contributed by atoms with van der Waals surface area (Å²) in [7, 11) is 0. The Bertz CT molecular complexity index is 202. The molecule has 5 nitrogen and oxygen atoms in total. The molecule has 0 spiro atoms. The molecule has 76 valence electrons. The number of amides is 1. The normalized spacial score (nSPS) is 14.7. The Kier molecular flexibility index (Phi) is 4.40. The van der Waals surface area contributed by atoms with Crippen LogP contribution in [0.2, 0.25) is 0 Å². The number of nitrogens with two attached hydrogens (primary N) is 2. The number of esters is 1. The largest absolute Gasteiger partial charge is 0.463 e. The van der Waals surface area contributed by atoms with Gasteiger partial charge in [0, 0.05) is 6.42 Å². The molecule has 0 radical (unpaired) electrons. The van der Waals surface area contributed by atoms with Crippen molar-refractivity contribution in [3.8, 4) is 0 Å². The van der Waals surface area contributed by atoms with Crippen molar-refractivity contribution in [2.75, 3.05) is 6.61 Å². The standard InChI is InChI=1S/C8H16N2O3/c1-3-4-6(11)13-5-8(2,10)7(9)12/h3-5,10H2,1-2H3,(H2,9,12)/t8-/m0/s1. The SMILES string of the molecule is CCCC(=O)OC[C@](C)(N)C(N)=O. The quantitative estimate of drug-likeness (QED) is 0.570. The van der Waals surface area contributed by atoms with Crippen LogP contribution in [0.4, 0.5) is 0 Å². The molecule has 0 unspecified atom stereocenters. The predicted molar refractivity (Wildman–Crippen MR) is 47.7 cm³/mol. The summed E-state index contributed by atoms with van der Waals surface area (Å²) >= 11 is 0. The maximum atomic E-state index is 10.9. The zero-order valence-corrected chi connectivity index (χ0v) is 8.00. The van der Waals surface area contributed by atoms with Crippen LogP contribution in [0.15, 0.2) is 0 Å². The number of ether oxygens (including phenoxy) is 1. The Morgan fingerprint density at radius 2 is 2.00 bits per heavy atom. The summed E-state index contributed by atoms with van der Waals surface area (Å²) < 4.78 is 4.74. The highest BCUT2D eigenvalue weighted by molar-refractivity contribution is 5.84. The molecule has 0 fully saturated rings.